The largest absolute Gasteiger partial charge is 0.504 e. The standard InChI is InChI=1S/C15H11BrN2O3/c1-20-13-6-5-10(8-12(13)19)15-17-14(18-21-15)9-3-2-4-11(16)7-9/h2-8,19H,1H3. The van der Waals surface area contributed by atoms with Gasteiger partial charge < -0.3 is 14.4 Å². The molecule has 3 rings (SSSR count). The number of halogens is 1. The van der Waals surface area contributed by atoms with Crippen molar-refractivity contribution < 1.29 is 14.4 Å². The van der Waals surface area contributed by atoms with E-state index in [2.05, 4.69) is 26.1 Å². The molecule has 1 aromatic heterocycles. The summed E-state index contributed by atoms with van der Waals surface area (Å²) in [6.07, 6.45) is 0. The lowest BCUT2D eigenvalue weighted by Crippen LogP contribution is -1.85. The summed E-state index contributed by atoms with van der Waals surface area (Å²) in [7, 11) is 1.49. The summed E-state index contributed by atoms with van der Waals surface area (Å²) in [6, 6.07) is 12.5. The highest BCUT2D eigenvalue weighted by molar-refractivity contribution is 9.10. The fourth-order valence-corrected chi connectivity index (χ4v) is 2.31. The molecule has 5 nitrogen and oxygen atoms in total. The molecule has 106 valence electrons. The fourth-order valence-electron chi connectivity index (χ4n) is 1.91. The second-order valence-corrected chi connectivity index (χ2v) is 5.24. The summed E-state index contributed by atoms with van der Waals surface area (Å²) < 4.78 is 11.2. The van der Waals surface area contributed by atoms with Crippen LogP contribution in [0.5, 0.6) is 11.5 Å². The zero-order chi connectivity index (χ0) is 14.8. The molecule has 0 saturated carbocycles. The van der Waals surface area contributed by atoms with Crippen molar-refractivity contribution in [1.82, 2.24) is 10.1 Å². The first-order chi connectivity index (χ1) is 10.2. The van der Waals surface area contributed by atoms with Gasteiger partial charge in [-0.1, -0.05) is 33.2 Å². The lowest BCUT2D eigenvalue weighted by atomic mass is 10.2. The summed E-state index contributed by atoms with van der Waals surface area (Å²) in [4.78, 5) is 4.34. The maximum Gasteiger partial charge on any atom is 0.258 e. The van der Waals surface area contributed by atoms with Crippen molar-refractivity contribution in [2.75, 3.05) is 7.11 Å². The molecule has 6 heteroatoms. The van der Waals surface area contributed by atoms with E-state index in [9.17, 15) is 5.11 Å². The van der Waals surface area contributed by atoms with Gasteiger partial charge >= 0.3 is 0 Å². The van der Waals surface area contributed by atoms with Gasteiger partial charge in [0.2, 0.25) is 5.82 Å². The molecule has 2 aromatic carbocycles. The molecule has 3 aromatic rings. The molecule has 0 unspecified atom stereocenters. The first kappa shape index (κ1) is 13.6. The highest BCUT2D eigenvalue weighted by Gasteiger charge is 2.12. The molecule has 0 fully saturated rings. The van der Waals surface area contributed by atoms with Crippen molar-refractivity contribution in [2.45, 2.75) is 0 Å². The third kappa shape index (κ3) is 2.75. The lowest BCUT2D eigenvalue weighted by molar-refractivity contribution is 0.373. The molecule has 0 aliphatic heterocycles. The Kier molecular flexibility index (Phi) is 3.62. The van der Waals surface area contributed by atoms with Gasteiger partial charge in [-0.3, -0.25) is 0 Å². The van der Waals surface area contributed by atoms with Crippen LogP contribution in [-0.4, -0.2) is 22.4 Å². The predicted molar refractivity (Wildman–Crippen MR) is 81.1 cm³/mol. The van der Waals surface area contributed by atoms with Gasteiger partial charge in [0.1, 0.15) is 0 Å². The molecule has 1 N–H and O–H groups in total. The van der Waals surface area contributed by atoms with Crippen LogP contribution in [0.15, 0.2) is 51.5 Å². The van der Waals surface area contributed by atoms with Gasteiger partial charge in [-0.15, -0.1) is 0 Å². The Bertz CT molecular complexity index is 786. The normalized spacial score (nSPS) is 10.6. The van der Waals surface area contributed by atoms with Gasteiger partial charge in [0.05, 0.1) is 7.11 Å². The van der Waals surface area contributed by atoms with E-state index in [-0.39, 0.29) is 5.75 Å². The first-order valence-corrected chi connectivity index (χ1v) is 6.93. The van der Waals surface area contributed by atoms with E-state index in [1.165, 1.54) is 13.2 Å². The van der Waals surface area contributed by atoms with Crippen molar-refractivity contribution in [1.29, 1.82) is 0 Å². The average molecular weight is 347 g/mol. The Morgan fingerprint density at radius 2 is 2.00 bits per heavy atom. The van der Waals surface area contributed by atoms with E-state index in [1.54, 1.807) is 12.1 Å². The van der Waals surface area contributed by atoms with Crippen molar-refractivity contribution in [3.63, 3.8) is 0 Å². The molecule has 21 heavy (non-hydrogen) atoms. The van der Waals surface area contributed by atoms with Crippen LogP contribution in [0.1, 0.15) is 0 Å². The van der Waals surface area contributed by atoms with Crippen LogP contribution in [0.4, 0.5) is 0 Å². The maximum absolute atomic E-state index is 9.79. The zero-order valence-electron chi connectivity index (χ0n) is 11.1. The van der Waals surface area contributed by atoms with Crippen LogP contribution < -0.4 is 4.74 Å². The molecule has 1 heterocycles. The third-order valence-electron chi connectivity index (χ3n) is 2.93. The number of hydrogen-bond acceptors (Lipinski definition) is 5. The molecular weight excluding hydrogens is 336 g/mol. The molecule has 0 bridgehead atoms. The number of hydrogen-bond donors (Lipinski definition) is 1. The van der Waals surface area contributed by atoms with Gasteiger partial charge in [0.25, 0.3) is 5.89 Å². The summed E-state index contributed by atoms with van der Waals surface area (Å²) in [5.74, 6) is 1.24. The van der Waals surface area contributed by atoms with Gasteiger partial charge in [-0.25, -0.2) is 0 Å². The van der Waals surface area contributed by atoms with E-state index >= 15 is 0 Å². The molecule has 0 amide bonds. The second kappa shape index (κ2) is 5.57. The Morgan fingerprint density at radius 3 is 2.71 bits per heavy atom. The molecular formula is C15H11BrN2O3. The Balaban J connectivity index is 1.96. The van der Waals surface area contributed by atoms with E-state index < -0.39 is 0 Å². The zero-order valence-corrected chi connectivity index (χ0v) is 12.7. The van der Waals surface area contributed by atoms with Crippen LogP contribution in [-0.2, 0) is 0 Å². The van der Waals surface area contributed by atoms with Crippen molar-refractivity contribution >= 4 is 15.9 Å². The van der Waals surface area contributed by atoms with Crippen molar-refractivity contribution in [3.05, 3.63) is 46.9 Å². The highest BCUT2D eigenvalue weighted by Crippen LogP contribution is 2.31. The predicted octanol–water partition coefficient (Wildman–Crippen LogP) is 3.88. The van der Waals surface area contributed by atoms with Crippen LogP contribution in [0.25, 0.3) is 22.8 Å². The molecule has 0 saturated heterocycles. The minimum absolute atomic E-state index is 0.0252. The summed E-state index contributed by atoms with van der Waals surface area (Å²) in [5, 5.41) is 13.7. The van der Waals surface area contributed by atoms with Crippen LogP contribution in [0, 0.1) is 0 Å². The maximum atomic E-state index is 9.79. The Hall–Kier alpha value is -2.34. The number of benzene rings is 2. The van der Waals surface area contributed by atoms with Crippen molar-refractivity contribution in [3.8, 4) is 34.3 Å². The minimum Gasteiger partial charge on any atom is -0.504 e. The fraction of sp³-hybridized carbons (Fsp3) is 0.0667. The Labute approximate surface area is 129 Å². The van der Waals surface area contributed by atoms with Gasteiger partial charge in [0, 0.05) is 15.6 Å². The second-order valence-electron chi connectivity index (χ2n) is 4.32. The van der Waals surface area contributed by atoms with E-state index in [0.29, 0.717) is 23.0 Å². The topological polar surface area (TPSA) is 68.4 Å². The first-order valence-electron chi connectivity index (χ1n) is 6.14. The summed E-state index contributed by atoms with van der Waals surface area (Å²) >= 11 is 3.40. The SMILES string of the molecule is COc1ccc(-c2nc(-c3cccc(Br)c3)no2)cc1O. The quantitative estimate of drug-likeness (QED) is 0.779. The summed E-state index contributed by atoms with van der Waals surface area (Å²) in [5.41, 5.74) is 1.47. The number of phenolic OH excluding ortho intramolecular Hbond substituents is 1. The monoisotopic (exact) mass is 346 g/mol. The van der Waals surface area contributed by atoms with Gasteiger partial charge in [-0.05, 0) is 30.3 Å². The molecule has 0 atom stereocenters. The van der Waals surface area contributed by atoms with E-state index in [4.69, 9.17) is 9.26 Å². The number of phenols is 1. The minimum atomic E-state index is 0.0252. The summed E-state index contributed by atoms with van der Waals surface area (Å²) in [6.45, 7) is 0. The Morgan fingerprint density at radius 1 is 1.14 bits per heavy atom. The number of ether oxygens (including phenoxy) is 1. The van der Waals surface area contributed by atoms with Crippen LogP contribution >= 0.6 is 15.9 Å². The number of aromatic hydroxyl groups is 1. The molecule has 0 spiro atoms. The van der Waals surface area contributed by atoms with Gasteiger partial charge in [-0.2, -0.15) is 4.98 Å². The molecule has 0 radical (unpaired) electrons. The average Bonchev–Trinajstić information content (AvgIpc) is 2.97. The van der Waals surface area contributed by atoms with Crippen molar-refractivity contribution in [2.24, 2.45) is 0 Å². The smallest absolute Gasteiger partial charge is 0.258 e. The van der Waals surface area contributed by atoms with E-state index in [0.717, 1.165) is 10.0 Å². The molecule has 0 aliphatic carbocycles. The van der Waals surface area contributed by atoms with Crippen LogP contribution in [0.3, 0.4) is 0 Å². The van der Waals surface area contributed by atoms with E-state index in [1.807, 2.05) is 24.3 Å². The number of nitrogens with zero attached hydrogens (tertiary/aromatic N) is 2. The van der Waals surface area contributed by atoms with Gasteiger partial charge in [0.15, 0.2) is 11.5 Å². The highest BCUT2D eigenvalue weighted by atomic mass is 79.9. The number of methoxy groups -OCH3 is 1. The lowest BCUT2D eigenvalue weighted by Gasteiger charge is -2.03. The van der Waals surface area contributed by atoms with Crippen LogP contribution in [0.2, 0.25) is 0 Å². The number of aromatic nitrogens is 2. The molecule has 0 aliphatic rings. The number of rotatable bonds is 3. The third-order valence-corrected chi connectivity index (χ3v) is 3.43.